The van der Waals surface area contributed by atoms with Crippen molar-refractivity contribution in [2.24, 2.45) is 0 Å². The Bertz CT molecular complexity index is 448. The zero-order valence-electron chi connectivity index (χ0n) is 9.45. The molecule has 0 heterocycles. The van der Waals surface area contributed by atoms with Gasteiger partial charge in [-0.05, 0) is 24.5 Å². The molecule has 0 aromatic heterocycles. The SMILES string of the molecule is COC(=O)C(C)c1cccc2c1CCC2=O. The van der Waals surface area contributed by atoms with Crippen LogP contribution in [0, 0.1) is 0 Å². The Morgan fingerprint density at radius 3 is 2.81 bits per heavy atom. The largest absolute Gasteiger partial charge is 0.469 e. The fourth-order valence-corrected chi connectivity index (χ4v) is 2.23. The number of esters is 1. The van der Waals surface area contributed by atoms with Crippen molar-refractivity contribution in [1.29, 1.82) is 0 Å². The van der Waals surface area contributed by atoms with Crippen molar-refractivity contribution in [1.82, 2.24) is 0 Å². The van der Waals surface area contributed by atoms with E-state index in [9.17, 15) is 9.59 Å². The molecule has 0 amide bonds. The summed E-state index contributed by atoms with van der Waals surface area (Å²) in [5, 5.41) is 0. The van der Waals surface area contributed by atoms with Crippen LogP contribution in [0.25, 0.3) is 0 Å². The van der Waals surface area contributed by atoms with Crippen molar-refractivity contribution in [3.8, 4) is 0 Å². The van der Waals surface area contributed by atoms with Gasteiger partial charge in [0.2, 0.25) is 0 Å². The van der Waals surface area contributed by atoms with E-state index in [0.29, 0.717) is 6.42 Å². The molecule has 0 saturated carbocycles. The number of methoxy groups -OCH3 is 1. The molecule has 16 heavy (non-hydrogen) atoms. The lowest BCUT2D eigenvalue weighted by atomic mass is 9.93. The number of hydrogen-bond donors (Lipinski definition) is 0. The van der Waals surface area contributed by atoms with Gasteiger partial charge in [-0.2, -0.15) is 0 Å². The van der Waals surface area contributed by atoms with Crippen molar-refractivity contribution in [2.75, 3.05) is 7.11 Å². The van der Waals surface area contributed by atoms with Gasteiger partial charge in [0.1, 0.15) is 0 Å². The van der Waals surface area contributed by atoms with Crippen molar-refractivity contribution in [3.05, 3.63) is 34.9 Å². The zero-order chi connectivity index (χ0) is 11.7. The second-order valence-corrected chi connectivity index (χ2v) is 4.04. The zero-order valence-corrected chi connectivity index (χ0v) is 9.45. The Balaban J connectivity index is 2.44. The minimum absolute atomic E-state index is 0.175. The van der Waals surface area contributed by atoms with Crippen molar-refractivity contribution >= 4 is 11.8 Å². The van der Waals surface area contributed by atoms with Gasteiger partial charge in [-0.3, -0.25) is 9.59 Å². The quantitative estimate of drug-likeness (QED) is 0.714. The summed E-state index contributed by atoms with van der Waals surface area (Å²) in [6, 6.07) is 5.56. The van der Waals surface area contributed by atoms with Crippen LogP contribution in [0.2, 0.25) is 0 Å². The first-order chi connectivity index (χ1) is 7.65. The molecule has 84 valence electrons. The smallest absolute Gasteiger partial charge is 0.312 e. The maximum atomic E-state index is 11.6. The second-order valence-electron chi connectivity index (χ2n) is 4.04. The van der Waals surface area contributed by atoms with Crippen LogP contribution in [0.5, 0.6) is 0 Å². The molecule has 0 aliphatic heterocycles. The number of Topliss-reactive ketones (excluding diaryl/α,β-unsaturated/α-hetero) is 1. The van der Waals surface area contributed by atoms with Gasteiger partial charge in [0.15, 0.2) is 5.78 Å². The van der Waals surface area contributed by atoms with Crippen molar-refractivity contribution in [3.63, 3.8) is 0 Å². The standard InChI is InChI=1S/C13H14O3/c1-8(13(15)16-2)9-4-3-5-11-10(9)6-7-12(11)14/h3-5,8H,6-7H2,1-2H3. The third-order valence-corrected chi connectivity index (χ3v) is 3.14. The van der Waals surface area contributed by atoms with Crippen LogP contribution in [0.1, 0.15) is 40.7 Å². The maximum absolute atomic E-state index is 11.6. The Labute approximate surface area is 94.4 Å². The van der Waals surface area contributed by atoms with E-state index in [0.717, 1.165) is 23.1 Å². The van der Waals surface area contributed by atoms with Gasteiger partial charge in [0.05, 0.1) is 13.0 Å². The highest BCUT2D eigenvalue weighted by Gasteiger charge is 2.26. The van der Waals surface area contributed by atoms with E-state index in [1.54, 1.807) is 0 Å². The van der Waals surface area contributed by atoms with Crippen molar-refractivity contribution < 1.29 is 14.3 Å². The summed E-state index contributed by atoms with van der Waals surface area (Å²) >= 11 is 0. The van der Waals surface area contributed by atoms with E-state index in [4.69, 9.17) is 4.74 Å². The van der Waals surface area contributed by atoms with Crippen LogP contribution in [-0.4, -0.2) is 18.9 Å². The summed E-state index contributed by atoms with van der Waals surface area (Å²) in [5.74, 6) is -0.382. The molecule has 1 atom stereocenters. The van der Waals surface area contributed by atoms with E-state index >= 15 is 0 Å². The summed E-state index contributed by atoms with van der Waals surface area (Å²) in [6.45, 7) is 1.81. The van der Waals surface area contributed by atoms with Crippen LogP contribution < -0.4 is 0 Å². The predicted octanol–water partition coefficient (Wildman–Crippen LogP) is 2.09. The monoisotopic (exact) mass is 218 g/mol. The normalized spacial score (nSPS) is 15.8. The number of ether oxygens (including phenoxy) is 1. The molecule has 3 nitrogen and oxygen atoms in total. The highest BCUT2D eigenvalue weighted by molar-refractivity contribution is 6.01. The minimum Gasteiger partial charge on any atom is -0.469 e. The molecule has 0 bridgehead atoms. The van der Waals surface area contributed by atoms with Gasteiger partial charge in [-0.15, -0.1) is 0 Å². The lowest BCUT2D eigenvalue weighted by Gasteiger charge is -2.13. The molecule has 1 aliphatic rings. The summed E-state index contributed by atoms with van der Waals surface area (Å²) in [4.78, 5) is 23.1. The molecule has 0 radical (unpaired) electrons. The third kappa shape index (κ3) is 1.62. The molecular formula is C13H14O3. The van der Waals surface area contributed by atoms with Crippen LogP contribution in [0.3, 0.4) is 0 Å². The highest BCUT2D eigenvalue weighted by Crippen LogP contribution is 2.30. The summed E-state index contributed by atoms with van der Waals surface area (Å²) < 4.78 is 4.73. The van der Waals surface area contributed by atoms with Crippen molar-refractivity contribution in [2.45, 2.75) is 25.7 Å². The Morgan fingerprint density at radius 1 is 1.38 bits per heavy atom. The molecule has 3 heteroatoms. The molecular weight excluding hydrogens is 204 g/mol. The van der Waals surface area contributed by atoms with Gasteiger partial charge >= 0.3 is 5.97 Å². The van der Waals surface area contributed by atoms with Gasteiger partial charge in [-0.25, -0.2) is 0 Å². The molecule has 1 aliphatic carbocycles. The number of ketones is 1. The summed E-state index contributed by atoms with van der Waals surface area (Å²) in [7, 11) is 1.38. The molecule has 0 fully saturated rings. The molecule has 1 unspecified atom stereocenters. The van der Waals surface area contributed by atoms with E-state index < -0.39 is 0 Å². The lowest BCUT2D eigenvalue weighted by molar-refractivity contribution is -0.142. The lowest BCUT2D eigenvalue weighted by Crippen LogP contribution is -2.12. The van der Waals surface area contributed by atoms with Gasteiger partial charge in [0, 0.05) is 12.0 Å². The van der Waals surface area contributed by atoms with Crippen LogP contribution >= 0.6 is 0 Å². The second kappa shape index (κ2) is 4.08. The average molecular weight is 218 g/mol. The first-order valence-corrected chi connectivity index (χ1v) is 5.38. The molecule has 0 spiro atoms. The summed E-state index contributed by atoms with van der Waals surface area (Å²) in [5.41, 5.74) is 2.72. The topological polar surface area (TPSA) is 43.4 Å². The first kappa shape index (κ1) is 10.9. The number of hydrogen-bond acceptors (Lipinski definition) is 3. The third-order valence-electron chi connectivity index (χ3n) is 3.14. The first-order valence-electron chi connectivity index (χ1n) is 5.38. The molecule has 1 aromatic carbocycles. The number of rotatable bonds is 2. The Kier molecular flexibility index (Phi) is 2.77. The molecule has 0 saturated heterocycles. The number of carbonyl (C=O) groups is 2. The number of carbonyl (C=O) groups excluding carboxylic acids is 2. The van der Waals surface area contributed by atoms with Crippen LogP contribution in [0.4, 0.5) is 0 Å². The van der Waals surface area contributed by atoms with Crippen LogP contribution in [-0.2, 0) is 16.0 Å². The fourth-order valence-electron chi connectivity index (χ4n) is 2.23. The molecule has 2 rings (SSSR count). The minimum atomic E-state index is -0.300. The Hall–Kier alpha value is -1.64. The average Bonchev–Trinajstić information content (AvgIpc) is 2.69. The highest BCUT2D eigenvalue weighted by atomic mass is 16.5. The number of benzene rings is 1. The Morgan fingerprint density at radius 2 is 2.12 bits per heavy atom. The van der Waals surface area contributed by atoms with E-state index in [1.165, 1.54) is 7.11 Å². The van der Waals surface area contributed by atoms with Gasteiger partial charge < -0.3 is 4.74 Å². The molecule has 0 N–H and O–H groups in total. The van der Waals surface area contributed by atoms with Gasteiger partial charge in [-0.1, -0.05) is 18.2 Å². The van der Waals surface area contributed by atoms with E-state index in [-0.39, 0.29) is 17.7 Å². The maximum Gasteiger partial charge on any atom is 0.312 e. The predicted molar refractivity (Wildman–Crippen MR) is 59.5 cm³/mol. The fraction of sp³-hybridized carbons (Fsp3) is 0.385. The summed E-state index contributed by atoms with van der Waals surface area (Å²) in [6.07, 6.45) is 1.30. The molecule has 1 aromatic rings. The van der Waals surface area contributed by atoms with Crippen LogP contribution in [0.15, 0.2) is 18.2 Å². The van der Waals surface area contributed by atoms with E-state index in [1.807, 2.05) is 25.1 Å². The van der Waals surface area contributed by atoms with E-state index in [2.05, 4.69) is 0 Å². The van der Waals surface area contributed by atoms with Gasteiger partial charge in [0.25, 0.3) is 0 Å². The number of fused-ring (bicyclic) bond motifs is 1.